The van der Waals surface area contributed by atoms with Gasteiger partial charge in [-0.3, -0.25) is 0 Å². The van der Waals surface area contributed by atoms with E-state index in [1.54, 1.807) is 24.3 Å². The Morgan fingerprint density at radius 3 is 2.41 bits per heavy atom. The van der Waals surface area contributed by atoms with Gasteiger partial charge in [-0.1, -0.05) is 23.2 Å². The number of rotatable bonds is 6. The number of halogens is 2. The van der Waals surface area contributed by atoms with Gasteiger partial charge in [-0.25, -0.2) is 0 Å². The van der Waals surface area contributed by atoms with Crippen molar-refractivity contribution in [2.75, 3.05) is 13.2 Å². The Morgan fingerprint density at radius 2 is 1.73 bits per heavy atom. The standard InChI is InChI=1S/C15H15Cl2NO4/c16-14-12(21-6-5-19)3-4-13(15(14)17)22-10-1-2-11(20)9(7-10)8-18/h1-4,7,19-20H,5-6,8,18H2. The van der Waals surface area contributed by atoms with Crippen LogP contribution in [0.4, 0.5) is 0 Å². The summed E-state index contributed by atoms with van der Waals surface area (Å²) >= 11 is 12.3. The molecule has 0 bridgehead atoms. The van der Waals surface area contributed by atoms with Crippen molar-refractivity contribution in [3.05, 3.63) is 45.9 Å². The number of nitrogens with two attached hydrogens (primary N) is 1. The van der Waals surface area contributed by atoms with Crippen LogP contribution in [0.3, 0.4) is 0 Å². The molecular formula is C15H15Cl2NO4. The van der Waals surface area contributed by atoms with Crippen LogP contribution >= 0.6 is 23.2 Å². The molecule has 0 radical (unpaired) electrons. The highest BCUT2D eigenvalue weighted by Gasteiger charge is 2.13. The Hall–Kier alpha value is -1.66. The molecule has 2 aromatic carbocycles. The highest BCUT2D eigenvalue weighted by molar-refractivity contribution is 6.43. The van der Waals surface area contributed by atoms with E-state index in [0.29, 0.717) is 22.8 Å². The molecule has 0 aliphatic carbocycles. The zero-order valence-corrected chi connectivity index (χ0v) is 13.1. The first-order valence-corrected chi connectivity index (χ1v) is 7.24. The van der Waals surface area contributed by atoms with Crippen molar-refractivity contribution in [2.45, 2.75) is 6.54 Å². The zero-order chi connectivity index (χ0) is 16.1. The average molecular weight is 344 g/mol. The van der Waals surface area contributed by atoms with Crippen molar-refractivity contribution >= 4 is 23.2 Å². The second-order valence-electron chi connectivity index (χ2n) is 4.36. The van der Waals surface area contributed by atoms with E-state index in [4.69, 9.17) is 43.5 Å². The van der Waals surface area contributed by atoms with Gasteiger partial charge in [0.2, 0.25) is 0 Å². The lowest BCUT2D eigenvalue weighted by molar-refractivity contribution is 0.201. The van der Waals surface area contributed by atoms with Gasteiger partial charge >= 0.3 is 0 Å². The first-order valence-electron chi connectivity index (χ1n) is 6.48. The topological polar surface area (TPSA) is 84.9 Å². The van der Waals surface area contributed by atoms with Crippen LogP contribution in [0.2, 0.25) is 10.0 Å². The molecule has 0 aromatic heterocycles. The van der Waals surface area contributed by atoms with E-state index in [1.807, 2.05) is 0 Å². The number of aliphatic hydroxyl groups is 1. The number of benzene rings is 2. The maximum absolute atomic E-state index is 9.60. The van der Waals surface area contributed by atoms with Crippen molar-refractivity contribution in [1.82, 2.24) is 0 Å². The van der Waals surface area contributed by atoms with E-state index in [1.165, 1.54) is 6.07 Å². The molecule has 2 rings (SSSR count). The summed E-state index contributed by atoms with van der Waals surface area (Å²) in [6.45, 7) is 0.182. The van der Waals surface area contributed by atoms with Crippen LogP contribution < -0.4 is 15.2 Å². The molecule has 0 aliphatic rings. The third-order valence-electron chi connectivity index (χ3n) is 2.86. The third kappa shape index (κ3) is 3.75. The molecule has 5 nitrogen and oxygen atoms in total. The van der Waals surface area contributed by atoms with Crippen LogP contribution in [0, 0.1) is 0 Å². The van der Waals surface area contributed by atoms with Crippen molar-refractivity contribution in [3.63, 3.8) is 0 Å². The number of aromatic hydroxyl groups is 1. The Kier molecular flexibility index (Phi) is 5.74. The maximum Gasteiger partial charge on any atom is 0.147 e. The summed E-state index contributed by atoms with van der Waals surface area (Å²) < 4.78 is 10.9. The maximum atomic E-state index is 9.60. The fraction of sp³-hybridized carbons (Fsp3) is 0.200. The van der Waals surface area contributed by atoms with Crippen LogP contribution in [-0.2, 0) is 6.54 Å². The molecule has 0 fully saturated rings. The van der Waals surface area contributed by atoms with E-state index in [0.717, 1.165) is 0 Å². The van der Waals surface area contributed by atoms with Crippen LogP contribution in [0.25, 0.3) is 0 Å². The minimum absolute atomic E-state index is 0.103. The molecule has 118 valence electrons. The molecule has 0 amide bonds. The molecule has 7 heteroatoms. The molecule has 0 saturated carbocycles. The minimum atomic E-state index is -0.123. The van der Waals surface area contributed by atoms with Gasteiger partial charge in [-0.05, 0) is 30.3 Å². The predicted octanol–water partition coefficient (Wildman–Crippen LogP) is 3.32. The lowest BCUT2D eigenvalue weighted by Gasteiger charge is -2.13. The number of hydrogen-bond donors (Lipinski definition) is 3. The zero-order valence-electron chi connectivity index (χ0n) is 11.6. The Labute approximate surface area is 137 Å². The van der Waals surface area contributed by atoms with Crippen molar-refractivity contribution in [3.8, 4) is 23.0 Å². The van der Waals surface area contributed by atoms with Gasteiger partial charge in [0.25, 0.3) is 0 Å². The summed E-state index contributed by atoms with van der Waals surface area (Å²) in [6.07, 6.45) is 0. The van der Waals surface area contributed by atoms with E-state index in [9.17, 15) is 5.11 Å². The summed E-state index contributed by atoms with van der Waals surface area (Å²) in [4.78, 5) is 0. The highest BCUT2D eigenvalue weighted by Crippen LogP contribution is 2.41. The van der Waals surface area contributed by atoms with Gasteiger partial charge in [0.15, 0.2) is 0 Å². The summed E-state index contributed by atoms with van der Waals surface area (Å²) in [7, 11) is 0. The van der Waals surface area contributed by atoms with E-state index in [-0.39, 0.29) is 35.6 Å². The minimum Gasteiger partial charge on any atom is -0.508 e. The molecular weight excluding hydrogens is 329 g/mol. The quantitative estimate of drug-likeness (QED) is 0.749. The number of phenolic OH excluding ortho intramolecular Hbond substituents is 1. The Balaban J connectivity index is 2.25. The lowest BCUT2D eigenvalue weighted by atomic mass is 10.2. The Bertz CT molecular complexity index is 664. The molecule has 4 N–H and O–H groups in total. The Morgan fingerprint density at radius 1 is 1.05 bits per heavy atom. The van der Waals surface area contributed by atoms with Crippen molar-refractivity contribution in [2.24, 2.45) is 5.73 Å². The van der Waals surface area contributed by atoms with E-state index < -0.39 is 0 Å². The van der Waals surface area contributed by atoms with E-state index >= 15 is 0 Å². The molecule has 0 aliphatic heterocycles. The van der Waals surface area contributed by atoms with Gasteiger partial charge in [-0.2, -0.15) is 0 Å². The number of hydrogen-bond acceptors (Lipinski definition) is 5. The fourth-order valence-corrected chi connectivity index (χ4v) is 2.18. The van der Waals surface area contributed by atoms with Gasteiger partial charge in [0.1, 0.15) is 39.7 Å². The second kappa shape index (κ2) is 7.56. The van der Waals surface area contributed by atoms with Crippen LogP contribution in [0.1, 0.15) is 5.56 Å². The average Bonchev–Trinajstić information content (AvgIpc) is 2.53. The van der Waals surface area contributed by atoms with Gasteiger partial charge in [0.05, 0.1) is 6.61 Å². The molecule has 2 aromatic rings. The number of aliphatic hydroxyl groups excluding tert-OH is 1. The largest absolute Gasteiger partial charge is 0.508 e. The third-order valence-corrected chi connectivity index (χ3v) is 3.71. The van der Waals surface area contributed by atoms with Crippen LogP contribution in [0.15, 0.2) is 30.3 Å². The number of phenols is 1. The van der Waals surface area contributed by atoms with Gasteiger partial charge < -0.3 is 25.4 Å². The van der Waals surface area contributed by atoms with E-state index in [2.05, 4.69) is 0 Å². The summed E-state index contributed by atoms with van der Waals surface area (Å²) in [6, 6.07) is 7.91. The first kappa shape index (κ1) is 16.7. The van der Waals surface area contributed by atoms with Gasteiger partial charge in [-0.15, -0.1) is 0 Å². The summed E-state index contributed by atoms with van der Waals surface area (Å²) in [5.74, 6) is 1.28. The lowest BCUT2D eigenvalue weighted by Crippen LogP contribution is -2.02. The SMILES string of the molecule is NCc1cc(Oc2ccc(OCCO)c(Cl)c2Cl)ccc1O. The van der Waals surface area contributed by atoms with Crippen LogP contribution in [-0.4, -0.2) is 23.4 Å². The van der Waals surface area contributed by atoms with Crippen molar-refractivity contribution < 1.29 is 19.7 Å². The highest BCUT2D eigenvalue weighted by atomic mass is 35.5. The van der Waals surface area contributed by atoms with Crippen molar-refractivity contribution in [1.29, 1.82) is 0 Å². The van der Waals surface area contributed by atoms with Gasteiger partial charge in [0, 0.05) is 12.1 Å². The molecule has 0 heterocycles. The molecule has 0 spiro atoms. The summed E-state index contributed by atoms with van der Waals surface area (Å²) in [5, 5.41) is 18.7. The molecule has 0 saturated heterocycles. The molecule has 0 unspecified atom stereocenters. The molecule has 22 heavy (non-hydrogen) atoms. The predicted molar refractivity (Wildman–Crippen MR) is 85.1 cm³/mol. The molecule has 0 atom stereocenters. The number of ether oxygens (including phenoxy) is 2. The summed E-state index contributed by atoms with van der Waals surface area (Å²) in [5.41, 5.74) is 6.09. The fourth-order valence-electron chi connectivity index (χ4n) is 1.78. The smallest absolute Gasteiger partial charge is 0.147 e. The normalized spacial score (nSPS) is 10.5. The van der Waals surface area contributed by atoms with Crippen LogP contribution in [0.5, 0.6) is 23.0 Å². The monoisotopic (exact) mass is 343 g/mol. The second-order valence-corrected chi connectivity index (χ2v) is 5.11. The first-order chi connectivity index (χ1) is 10.6.